The van der Waals surface area contributed by atoms with Gasteiger partial charge in [0.15, 0.2) is 5.65 Å². The molecular formula is C24H32N6O3S. The van der Waals surface area contributed by atoms with E-state index < -0.39 is 16.7 Å². The number of hydrogen-bond acceptors (Lipinski definition) is 7. The van der Waals surface area contributed by atoms with Crippen LogP contribution in [-0.2, 0) is 24.3 Å². The molecule has 0 aliphatic heterocycles. The summed E-state index contributed by atoms with van der Waals surface area (Å²) in [7, 11) is 5.03. The van der Waals surface area contributed by atoms with Crippen molar-refractivity contribution in [3.05, 3.63) is 57.0 Å². The second kappa shape index (κ2) is 10.4. The molecule has 1 N–H and O–H groups in total. The number of aromatic nitrogens is 4. The molecule has 182 valence electrons. The molecule has 0 saturated carbocycles. The second-order valence-electron chi connectivity index (χ2n) is 9.26. The number of anilines is 1. The van der Waals surface area contributed by atoms with Gasteiger partial charge < -0.3 is 10.2 Å². The molecule has 10 heteroatoms. The van der Waals surface area contributed by atoms with Crippen molar-refractivity contribution in [2.24, 2.45) is 14.1 Å². The van der Waals surface area contributed by atoms with Gasteiger partial charge in [0, 0.05) is 45.3 Å². The van der Waals surface area contributed by atoms with Gasteiger partial charge in [-0.15, -0.1) is 0 Å². The number of rotatable bonds is 8. The van der Waals surface area contributed by atoms with Crippen LogP contribution < -0.4 is 21.5 Å². The second-order valence-corrected chi connectivity index (χ2v) is 10.2. The summed E-state index contributed by atoms with van der Waals surface area (Å²) in [5, 5.41) is 3.59. The van der Waals surface area contributed by atoms with E-state index in [0.717, 1.165) is 23.2 Å². The van der Waals surface area contributed by atoms with E-state index in [-0.39, 0.29) is 22.7 Å². The number of nitrogens with one attached hydrogen (secondary N) is 1. The van der Waals surface area contributed by atoms with Gasteiger partial charge in [-0.25, -0.2) is 14.8 Å². The lowest BCUT2D eigenvalue weighted by Crippen LogP contribution is -2.38. The third-order valence-electron chi connectivity index (χ3n) is 5.47. The zero-order valence-corrected chi connectivity index (χ0v) is 21.4. The van der Waals surface area contributed by atoms with Gasteiger partial charge in [0.05, 0.1) is 5.75 Å². The summed E-state index contributed by atoms with van der Waals surface area (Å²) in [4.78, 5) is 49.0. The lowest BCUT2D eigenvalue weighted by atomic mass is 9.96. The summed E-state index contributed by atoms with van der Waals surface area (Å²) < 4.78 is 2.39. The largest absolute Gasteiger partial charge is 0.375 e. The van der Waals surface area contributed by atoms with Crippen LogP contribution in [0.4, 0.5) is 5.69 Å². The minimum atomic E-state index is -0.467. The Labute approximate surface area is 203 Å². The van der Waals surface area contributed by atoms with Crippen LogP contribution in [0, 0.1) is 0 Å². The van der Waals surface area contributed by atoms with Gasteiger partial charge in [0.25, 0.3) is 5.56 Å². The van der Waals surface area contributed by atoms with Gasteiger partial charge in [-0.1, -0.05) is 50.7 Å². The van der Waals surface area contributed by atoms with Crippen LogP contribution in [-0.4, -0.2) is 50.9 Å². The summed E-state index contributed by atoms with van der Waals surface area (Å²) in [6.45, 7) is 7.24. The van der Waals surface area contributed by atoms with E-state index in [1.807, 2.05) is 58.2 Å². The summed E-state index contributed by atoms with van der Waals surface area (Å²) in [6.07, 6.45) is 0.801. The van der Waals surface area contributed by atoms with E-state index >= 15 is 0 Å². The molecule has 34 heavy (non-hydrogen) atoms. The van der Waals surface area contributed by atoms with Crippen molar-refractivity contribution in [2.45, 2.75) is 37.6 Å². The van der Waals surface area contributed by atoms with Crippen molar-refractivity contribution in [3.8, 4) is 0 Å². The fourth-order valence-corrected chi connectivity index (χ4v) is 4.25. The maximum absolute atomic E-state index is 12.9. The number of carbonyl (C=O) groups excluding carboxylic acids is 1. The van der Waals surface area contributed by atoms with Crippen LogP contribution in [0.3, 0.4) is 0 Å². The standard InChI is InChI=1S/C24H32N6O3S/c1-24(2,3)22-26-19-18(21(32)30(6)23(33)29(19)5)20(27-22)34-15-17(31)25-13-10-14-28(4)16-11-8-7-9-12-16/h7-9,11-12H,10,13-15H2,1-6H3,(H,25,31). The van der Waals surface area contributed by atoms with Gasteiger partial charge in [-0.2, -0.15) is 0 Å². The summed E-state index contributed by atoms with van der Waals surface area (Å²) >= 11 is 1.18. The van der Waals surface area contributed by atoms with E-state index in [0.29, 0.717) is 17.4 Å². The molecule has 0 unspecified atom stereocenters. The third-order valence-corrected chi connectivity index (χ3v) is 6.44. The highest BCUT2D eigenvalue weighted by atomic mass is 32.2. The minimum absolute atomic E-state index is 0.107. The molecule has 0 radical (unpaired) electrons. The number of thioether (sulfide) groups is 1. The van der Waals surface area contributed by atoms with Crippen molar-refractivity contribution in [3.63, 3.8) is 0 Å². The number of benzene rings is 1. The molecule has 0 bridgehead atoms. The maximum atomic E-state index is 12.9. The number of nitrogens with zero attached hydrogens (tertiary/aromatic N) is 5. The Balaban J connectivity index is 1.71. The van der Waals surface area contributed by atoms with E-state index in [9.17, 15) is 14.4 Å². The Kier molecular flexibility index (Phi) is 7.81. The normalized spacial score (nSPS) is 11.6. The molecule has 0 spiro atoms. The number of fused-ring (bicyclic) bond motifs is 1. The van der Waals surface area contributed by atoms with Crippen LogP contribution in [0.1, 0.15) is 33.0 Å². The van der Waals surface area contributed by atoms with Crippen molar-refractivity contribution in [2.75, 3.05) is 30.8 Å². The molecule has 0 aliphatic carbocycles. The fraction of sp³-hybridized carbons (Fsp3) is 0.458. The SMILES string of the molecule is CN(CCCNC(=O)CSc1nc(C(C)(C)C)nc2c1c(=O)n(C)c(=O)n2C)c1ccccc1. The Morgan fingerprint density at radius 2 is 1.76 bits per heavy atom. The number of para-hydroxylation sites is 1. The maximum Gasteiger partial charge on any atom is 0.332 e. The van der Waals surface area contributed by atoms with Gasteiger partial charge in [-0.05, 0) is 18.6 Å². The molecule has 0 fully saturated rings. The number of hydrogen-bond donors (Lipinski definition) is 1. The third kappa shape index (κ3) is 5.67. The van der Waals surface area contributed by atoms with Crippen LogP contribution in [0.15, 0.2) is 44.9 Å². The Hall–Kier alpha value is -3.14. The molecule has 0 atom stereocenters. The van der Waals surface area contributed by atoms with E-state index in [4.69, 9.17) is 0 Å². The molecule has 1 amide bonds. The number of amides is 1. The number of aryl methyl sites for hydroxylation is 1. The minimum Gasteiger partial charge on any atom is -0.375 e. The first-order valence-electron chi connectivity index (χ1n) is 11.1. The molecule has 1 aromatic carbocycles. The first kappa shape index (κ1) is 25.5. The number of carbonyl (C=O) groups is 1. The van der Waals surface area contributed by atoms with Crippen LogP contribution in [0.5, 0.6) is 0 Å². The smallest absolute Gasteiger partial charge is 0.332 e. The molecule has 2 heterocycles. The molecule has 0 aliphatic rings. The van der Waals surface area contributed by atoms with Gasteiger partial charge in [-0.3, -0.25) is 18.7 Å². The van der Waals surface area contributed by atoms with Gasteiger partial charge >= 0.3 is 5.69 Å². The Morgan fingerprint density at radius 1 is 1.09 bits per heavy atom. The van der Waals surface area contributed by atoms with E-state index in [1.54, 1.807) is 7.05 Å². The van der Waals surface area contributed by atoms with Gasteiger partial charge in [0.2, 0.25) is 5.91 Å². The molecule has 9 nitrogen and oxygen atoms in total. The highest BCUT2D eigenvalue weighted by Crippen LogP contribution is 2.26. The molecule has 2 aromatic heterocycles. The van der Waals surface area contributed by atoms with Crippen LogP contribution in [0.25, 0.3) is 11.0 Å². The van der Waals surface area contributed by atoms with Crippen molar-refractivity contribution in [1.29, 1.82) is 0 Å². The lowest BCUT2D eigenvalue weighted by Gasteiger charge is -2.19. The quantitative estimate of drug-likeness (QED) is 0.297. The first-order chi connectivity index (χ1) is 16.0. The van der Waals surface area contributed by atoms with Gasteiger partial charge in [0.1, 0.15) is 16.2 Å². The highest BCUT2D eigenvalue weighted by molar-refractivity contribution is 8.00. The Morgan fingerprint density at radius 3 is 2.41 bits per heavy atom. The summed E-state index contributed by atoms with van der Waals surface area (Å²) in [5.41, 5.74) is 0.0920. The van der Waals surface area contributed by atoms with Crippen LogP contribution >= 0.6 is 11.8 Å². The zero-order valence-electron chi connectivity index (χ0n) is 20.6. The molecule has 3 rings (SSSR count). The average molecular weight is 485 g/mol. The van der Waals surface area contributed by atoms with Crippen LogP contribution in [0.2, 0.25) is 0 Å². The Bertz CT molecular complexity index is 1290. The predicted octanol–water partition coefficient (Wildman–Crippen LogP) is 2.06. The fourth-order valence-electron chi connectivity index (χ4n) is 3.41. The lowest BCUT2D eigenvalue weighted by molar-refractivity contribution is -0.118. The first-order valence-corrected chi connectivity index (χ1v) is 12.1. The average Bonchev–Trinajstić information content (AvgIpc) is 2.81. The summed E-state index contributed by atoms with van der Waals surface area (Å²) in [5.74, 6) is 0.476. The van der Waals surface area contributed by atoms with Crippen molar-refractivity contribution in [1.82, 2.24) is 24.4 Å². The topological polar surface area (TPSA) is 102 Å². The van der Waals surface area contributed by atoms with E-state index in [2.05, 4.69) is 20.2 Å². The zero-order chi connectivity index (χ0) is 25.0. The highest BCUT2D eigenvalue weighted by Gasteiger charge is 2.24. The monoisotopic (exact) mass is 484 g/mol. The van der Waals surface area contributed by atoms with E-state index in [1.165, 1.54) is 23.4 Å². The molecule has 3 aromatic rings. The van der Waals surface area contributed by atoms with Crippen molar-refractivity contribution < 1.29 is 4.79 Å². The summed E-state index contributed by atoms with van der Waals surface area (Å²) in [6, 6.07) is 10.1. The molecule has 0 saturated heterocycles. The predicted molar refractivity (Wildman–Crippen MR) is 137 cm³/mol. The van der Waals surface area contributed by atoms with Crippen molar-refractivity contribution >= 4 is 34.4 Å². The molecular weight excluding hydrogens is 452 g/mol.